The Balaban J connectivity index is 1.72. The van der Waals surface area contributed by atoms with Crippen molar-refractivity contribution in [2.45, 2.75) is 0 Å². The minimum absolute atomic E-state index is 0.00698. The summed E-state index contributed by atoms with van der Waals surface area (Å²) in [6, 6.07) is 9.72. The third-order valence-corrected chi connectivity index (χ3v) is 3.98. The number of amides is 2. The molecule has 24 heavy (non-hydrogen) atoms. The number of anilines is 2. The van der Waals surface area contributed by atoms with Gasteiger partial charge in [0.25, 0.3) is 0 Å². The van der Waals surface area contributed by atoms with Gasteiger partial charge in [-0.25, -0.2) is 8.78 Å². The number of carbonyl (C=O) groups is 2. The Kier molecular flexibility index (Phi) is 6.57. The first-order chi connectivity index (χ1) is 11.4. The summed E-state index contributed by atoms with van der Waals surface area (Å²) >= 11 is 6.85. The van der Waals surface area contributed by atoms with E-state index in [-0.39, 0.29) is 23.1 Å². The van der Waals surface area contributed by atoms with Crippen LogP contribution in [-0.2, 0) is 9.59 Å². The van der Waals surface area contributed by atoms with E-state index in [1.165, 1.54) is 6.07 Å². The average Bonchev–Trinajstić information content (AvgIpc) is 2.53. The van der Waals surface area contributed by atoms with Crippen molar-refractivity contribution in [3.05, 3.63) is 59.1 Å². The molecule has 2 amide bonds. The molecule has 8 heteroatoms. The lowest BCUT2D eigenvalue weighted by Crippen LogP contribution is -2.18. The van der Waals surface area contributed by atoms with E-state index in [4.69, 9.17) is 11.6 Å². The van der Waals surface area contributed by atoms with Crippen LogP contribution in [0.25, 0.3) is 0 Å². The van der Waals surface area contributed by atoms with Crippen molar-refractivity contribution in [3.63, 3.8) is 0 Å². The van der Waals surface area contributed by atoms with E-state index in [0.29, 0.717) is 10.7 Å². The Hall–Kier alpha value is -2.12. The van der Waals surface area contributed by atoms with Crippen molar-refractivity contribution in [1.82, 2.24) is 0 Å². The maximum absolute atomic E-state index is 13.0. The molecule has 126 valence electrons. The monoisotopic (exact) mass is 370 g/mol. The van der Waals surface area contributed by atoms with E-state index in [1.54, 1.807) is 24.3 Å². The molecule has 0 unspecified atom stereocenters. The standard InChI is InChI=1S/C16H13ClF2N2O2S/c17-10-1-3-11(4-2-10)20-15(22)8-24-9-16(23)21-12-5-6-13(18)14(19)7-12/h1-7H,8-9H2,(H,20,22)(H,21,23). The zero-order valence-corrected chi connectivity index (χ0v) is 13.9. The predicted octanol–water partition coefficient (Wildman–Crippen LogP) is 3.93. The molecule has 2 rings (SSSR count). The molecule has 0 fully saturated rings. The first-order valence-corrected chi connectivity index (χ1v) is 8.35. The highest BCUT2D eigenvalue weighted by atomic mass is 35.5. The second kappa shape index (κ2) is 8.65. The van der Waals surface area contributed by atoms with Crippen molar-refractivity contribution in [2.75, 3.05) is 22.1 Å². The van der Waals surface area contributed by atoms with E-state index < -0.39 is 17.5 Å². The van der Waals surface area contributed by atoms with Crippen LogP contribution in [0.3, 0.4) is 0 Å². The maximum Gasteiger partial charge on any atom is 0.234 e. The van der Waals surface area contributed by atoms with Crippen LogP contribution in [0.2, 0.25) is 5.02 Å². The maximum atomic E-state index is 13.0. The molecule has 2 aromatic rings. The van der Waals surface area contributed by atoms with Gasteiger partial charge >= 0.3 is 0 Å². The molecule has 0 bridgehead atoms. The molecule has 0 atom stereocenters. The lowest BCUT2D eigenvalue weighted by atomic mass is 10.3. The second-order valence-electron chi connectivity index (χ2n) is 4.72. The molecule has 0 heterocycles. The van der Waals surface area contributed by atoms with Crippen molar-refractivity contribution in [3.8, 4) is 0 Å². The predicted molar refractivity (Wildman–Crippen MR) is 92.4 cm³/mol. The van der Waals surface area contributed by atoms with Crippen molar-refractivity contribution in [1.29, 1.82) is 0 Å². The summed E-state index contributed by atoms with van der Waals surface area (Å²) < 4.78 is 25.8. The molecule has 2 aromatic carbocycles. The fourth-order valence-electron chi connectivity index (χ4n) is 1.74. The number of hydrogen-bond donors (Lipinski definition) is 2. The zero-order valence-electron chi connectivity index (χ0n) is 12.3. The van der Waals surface area contributed by atoms with Gasteiger partial charge in [0, 0.05) is 22.5 Å². The van der Waals surface area contributed by atoms with Crippen LogP contribution >= 0.6 is 23.4 Å². The Morgan fingerprint density at radius 2 is 1.42 bits per heavy atom. The molecular formula is C16H13ClF2N2O2S. The van der Waals surface area contributed by atoms with Crippen LogP contribution in [0, 0.1) is 11.6 Å². The first-order valence-electron chi connectivity index (χ1n) is 6.82. The van der Waals surface area contributed by atoms with Gasteiger partial charge in [-0.15, -0.1) is 11.8 Å². The molecule has 0 aliphatic carbocycles. The first kappa shape index (κ1) is 18.2. The van der Waals surface area contributed by atoms with Crippen LogP contribution in [0.4, 0.5) is 20.2 Å². The molecule has 0 aliphatic heterocycles. The highest BCUT2D eigenvalue weighted by Crippen LogP contribution is 2.15. The van der Waals surface area contributed by atoms with Crippen LogP contribution in [0.5, 0.6) is 0 Å². The smallest absolute Gasteiger partial charge is 0.234 e. The summed E-state index contributed by atoms with van der Waals surface area (Å²) in [4.78, 5) is 23.4. The summed E-state index contributed by atoms with van der Waals surface area (Å²) in [7, 11) is 0. The largest absolute Gasteiger partial charge is 0.325 e. The van der Waals surface area contributed by atoms with Gasteiger partial charge in [-0.2, -0.15) is 0 Å². The third kappa shape index (κ3) is 5.82. The summed E-state index contributed by atoms with van der Waals surface area (Å²) in [6.07, 6.45) is 0. The molecule has 0 aromatic heterocycles. The van der Waals surface area contributed by atoms with E-state index in [1.807, 2.05) is 0 Å². The summed E-state index contributed by atoms with van der Waals surface area (Å²) in [6.45, 7) is 0. The summed E-state index contributed by atoms with van der Waals surface area (Å²) in [5, 5.41) is 5.66. The van der Waals surface area contributed by atoms with Gasteiger partial charge in [0.1, 0.15) is 0 Å². The molecule has 0 saturated carbocycles. The van der Waals surface area contributed by atoms with Gasteiger partial charge in [-0.1, -0.05) is 11.6 Å². The number of rotatable bonds is 6. The fraction of sp³-hybridized carbons (Fsp3) is 0.125. The molecule has 0 saturated heterocycles. The van der Waals surface area contributed by atoms with E-state index >= 15 is 0 Å². The molecule has 0 spiro atoms. The van der Waals surface area contributed by atoms with Gasteiger partial charge in [0.05, 0.1) is 11.5 Å². The summed E-state index contributed by atoms with van der Waals surface area (Å²) in [5.74, 6) is -2.61. The van der Waals surface area contributed by atoms with E-state index in [0.717, 1.165) is 23.9 Å². The molecule has 2 N–H and O–H groups in total. The highest BCUT2D eigenvalue weighted by molar-refractivity contribution is 8.00. The van der Waals surface area contributed by atoms with Crippen LogP contribution in [0.15, 0.2) is 42.5 Å². The molecule has 0 radical (unpaired) electrons. The number of thioether (sulfide) groups is 1. The Labute approximate surface area is 146 Å². The lowest BCUT2D eigenvalue weighted by molar-refractivity contribution is -0.114. The Bertz CT molecular complexity index is 741. The van der Waals surface area contributed by atoms with Crippen LogP contribution < -0.4 is 10.6 Å². The third-order valence-electron chi connectivity index (χ3n) is 2.80. The Morgan fingerprint density at radius 3 is 2.00 bits per heavy atom. The highest BCUT2D eigenvalue weighted by Gasteiger charge is 2.08. The van der Waals surface area contributed by atoms with Gasteiger partial charge in [0.2, 0.25) is 11.8 Å². The minimum atomic E-state index is -1.04. The van der Waals surface area contributed by atoms with Crippen molar-refractivity contribution >= 4 is 46.6 Å². The minimum Gasteiger partial charge on any atom is -0.325 e. The van der Waals surface area contributed by atoms with Crippen molar-refractivity contribution < 1.29 is 18.4 Å². The Morgan fingerprint density at radius 1 is 0.875 bits per heavy atom. The molecular weight excluding hydrogens is 358 g/mol. The van der Waals surface area contributed by atoms with Crippen LogP contribution in [0.1, 0.15) is 0 Å². The van der Waals surface area contributed by atoms with Crippen LogP contribution in [-0.4, -0.2) is 23.3 Å². The second-order valence-corrected chi connectivity index (χ2v) is 6.15. The van der Waals surface area contributed by atoms with Crippen molar-refractivity contribution in [2.24, 2.45) is 0 Å². The molecule has 0 aliphatic rings. The normalized spacial score (nSPS) is 10.3. The number of halogens is 3. The topological polar surface area (TPSA) is 58.2 Å². The number of nitrogens with one attached hydrogen (secondary N) is 2. The fourth-order valence-corrected chi connectivity index (χ4v) is 2.48. The van der Waals surface area contributed by atoms with E-state index in [9.17, 15) is 18.4 Å². The SMILES string of the molecule is O=C(CSCC(=O)Nc1ccc(F)c(F)c1)Nc1ccc(Cl)cc1. The lowest BCUT2D eigenvalue weighted by Gasteiger charge is -2.07. The van der Waals surface area contributed by atoms with Gasteiger partial charge in [0.15, 0.2) is 11.6 Å². The van der Waals surface area contributed by atoms with Gasteiger partial charge < -0.3 is 10.6 Å². The summed E-state index contributed by atoms with van der Waals surface area (Å²) in [5.41, 5.74) is 0.765. The zero-order chi connectivity index (χ0) is 17.5. The number of carbonyl (C=O) groups excluding carboxylic acids is 2. The quantitative estimate of drug-likeness (QED) is 0.810. The van der Waals surface area contributed by atoms with Gasteiger partial charge in [-0.05, 0) is 36.4 Å². The molecule has 4 nitrogen and oxygen atoms in total. The average molecular weight is 371 g/mol. The number of hydrogen-bond acceptors (Lipinski definition) is 3. The number of benzene rings is 2. The van der Waals surface area contributed by atoms with E-state index in [2.05, 4.69) is 10.6 Å². The van der Waals surface area contributed by atoms with Gasteiger partial charge in [-0.3, -0.25) is 9.59 Å².